The van der Waals surface area contributed by atoms with E-state index in [1.807, 2.05) is 0 Å². The van der Waals surface area contributed by atoms with E-state index in [2.05, 4.69) is 15.4 Å². The molecule has 2 rings (SSSR count). The van der Waals surface area contributed by atoms with Crippen LogP contribution in [0.2, 0.25) is 0 Å². The number of benzene rings is 1. The third-order valence-corrected chi connectivity index (χ3v) is 2.28. The van der Waals surface area contributed by atoms with Crippen molar-refractivity contribution in [3.05, 3.63) is 41.7 Å². The number of halogens is 2. The van der Waals surface area contributed by atoms with Crippen molar-refractivity contribution in [3.8, 4) is 11.6 Å². The molecule has 2 aromatic rings. The van der Waals surface area contributed by atoms with Crippen LogP contribution in [0.5, 0.6) is 11.6 Å². The highest BCUT2D eigenvalue weighted by molar-refractivity contribution is 5.39. The maximum Gasteiger partial charge on any atom is 0.224 e. The lowest BCUT2D eigenvalue weighted by Crippen LogP contribution is -2.11. The van der Waals surface area contributed by atoms with Crippen molar-refractivity contribution < 1.29 is 18.3 Å². The molecule has 0 saturated heterocycles. The van der Waals surface area contributed by atoms with Gasteiger partial charge in [-0.2, -0.15) is 4.98 Å². The molecule has 0 radical (unpaired) electrons. The standard InChI is InChI=1S/C12H12F2N4O2/c1-19-6-11-16-10(18-15)5-12(17-11)20-7-2-3-8(13)9(14)4-7/h2-5H,6,15H2,1H3,(H,16,17,18). The Labute approximate surface area is 113 Å². The van der Waals surface area contributed by atoms with E-state index in [0.717, 1.165) is 12.1 Å². The first-order chi connectivity index (χ1) is 9.62. The molecule has 0 saturated carbocycles. The van der Waals surface area contributed by atoms with Gasteiger partial charge in [-0.05, 0) is 12.1 Å². The number of nitrogens with two attached hydrogens (primary N) is 1. The fourth-order valence-electron chi connectivity index (χ4n) is 1.45. The number of methoxy groups -OCH3 is 1. The van der Waals surface area contributed by atoms with Crippen LogP contribution in [0, 0.1) is 11.6 Å². The van der Waals surface area contributed by atoms with E-state index in [4.69, 9.17) is 15.3 Å². The largest absolute Gasteiger partial charge is 0.439 e. The van der Waals surface area contributed by atoms with Crippen LogP contribution in [-0.2, 0) is 11.3 Å². The number of anilines is 1. The normalized spacial score (nSPS) is 10.4. The minimum absolute atomic E-state index is 0.105. The van der Waals surface area contributed by atoms with Crippen molar-refractivity contribution in [2.45, 2.75) is 6.61 Å². The highest BCUT2D eigenvalue weighted by Crippen LogP contribution is 2.23. The maximum absolute atomic E-state index is 13.1. The van der Waals surface area contributed by atoms with Crippen molar-refractivity contribution in [3.63, 3.8) is 0 Å². The number of rotatable bonds is 5. The summed E-state index contributed by atoms with van der Waals surface area (Å²) in [6, 6.07) is 4.58. The van der Waals surface area contributed by atoms with Gasteiger partial charge in [0.25, 0.3) is 0 Å². The molecule has 0 spiro atoms. The Bertz CT molecular complexity index is 610. The zero-order valence-corrected chi connectivity index (χ0v) is 10.6. The SMILES string of the molecule is COCc1nc(NN)cc(Oc2ccc(F)c(F)c2)n1. The summed E-state index contributed by atoms with van der Waals surface area (Å²) in [5.74, 6) is 4.19. The van der Waals surface area contributed by atoms with Gasteiger partial charge in [-0.1, -0.05) is 0 Å². The Hall–Kier alpha value is -2.32. The number of aromatic nitrogens is 2. The molecule has 0 unspecified atom stereocenters. The molecule has 0 aliphatic carbocycles. The molecule has 0 amide bonds. The number of nitrogens with zero attached hydrogens (tertiary/aromatic N) is 2. The summed E-state index contributed by atoms with van der Waals surface area (Å²) >= 11 is 0. The first-order valence-corrected chi connectivity index (χ1v) is 5.59. The van der Waals surface area contributed by atoms with Crippen LogP contribution in [0.25, 0.3) is 0 Å². The van der Waals surface area contributed by atoms with Gasteiger partial charge in [0.15, 0.2) is 17.5 Å². The van der Waals surface area contributed by atoms with Crippen molar-refractivity contribution >= 4 is 5.82 Å². The van der Waals surface area contributed by atoms with Crippen molar-refractivity contribution in [2.24, 2.45) is 5.84 Å². The molecule has 20 heavy (non-hydrogen) atoms. The summed E-state index contributed by atoms with van der Waals surface area (Å²) in [5, 5.41) is 0. The fourth-order valence-corrected chi connectivity index (χ4v) is 1.45. The Morgan fingerprint density at radius 2 is 2.00 bits per heavy atom. The molecule has 0 atom stereocenters. The molecule has 3 N–H and O–H groups in total. The predicted octanol–water partition coefficient (Wildman–Crippen LogP) is 1.98. The number of hydrogen-bond acceptors (Lipinski definition) is 6. The first-order valence-electron chi connectivity index (χ1n) is 5.59. The van der Waals surface area contributed by atoms with Crippen LogP contribution < -0.4 is 16.0 Å². The first kappa shape index (κ1) is 14.1. The van der Waals surface area contributed by atoms with Gasteiger partial charge in [-0.25, -0.2) is 19.6 Å². The molecule has 0 fully saturated rings. The average Bonchev–Trinajstić information content (AvgIpc) is 2.43. The molecular weight excluding hydrogens is 270 g/mol. The van der Waals surface area contributed by atoms with Gasteiger partial charge in [0.05, 0.1) is 0 Å². The summed E-state index contributed by atoms with van der Waals surface area (Å²) in [5.41, 5.74) is 2.35. The molecule has 106 valence electrons. The minimum Gasteiger partial charge on any atom is -0.439 e. The van der Waals surface area contributed by atoms with Crippen LogP contribution in [-0.4, -0.2) is 17.1 Å². The Balaban J connectivity index is 2.27. The number of hydrogen-bond donors (Lipinski definition) is 2. The van der Waals surface area contributed by atoms with Gasteiger partial charge in [0, 0.05) is 19.2 Å². The third kappa shape index (κ3) is 3.37. The lowest BCUT2D eigenvalue weighted by Gasteiger charge is -2.08. The number of ether oxygens (including phenoxy) is 2. The molecule has 8 heteroatoms. The number of nitrogen functional groups attached to an aromatic ring is 1. The predicted molar refractivity (Wildman–Crippen MR) is 67.0 cm³/mol. The Kier molecular flexibility index (Phi) is 4.38. The number of hydrazine groups is 1. The van der Waals surface area contributed by atoms with Gasteiger partial charge in [0.2, 0.25) is 5.88 Å². The summed E-state index contributed by atoms with van der Waals surface area (Å²) in [7, 11) is 1.49. The second-order valence-electron chi connectivity index (χ2n) is 3.76. The maximum atomic E-state index is 13.1. The highest BCUT2D eigenvalue weighted by Gasteiger charge is 2.08. The topological polar surface area (TPSA) is 82.3 Å². The van der Waals surface area contributed by atoms with Gasteiger partial charge in [0.1, 0.15) is 18.2 Å². The molecule has 1 heterocycles. The van der Waals surface area contributed by atoms with E-state index in [0.29, 0.717) is 11.6 Å². The summed E-state index contributed by atoms with van der Waals surface area (Å²) in [4.78, 5) is 8.08. The molecule has 0 aliphatic heterocycles. The van der Waals surface area contributed by atoms with Crippen LogP contribution in [0.1, 0.15) is 5.82 Å². The zero-order valence-electron chi connectivity index (χ0n) is 10.6. The molecule has 6 nitrogen and oxygen atoms in total. The minimum atomic E-state index is -1.01. The Morgan fingerprint density at radius 1 is 1.20 bits per heavy atom. The Morgan fingerprint density at radius 3 is 2.65 bits per heavy atom. The lowest BCUT2D eigenvalue weighted by atomic mass is 10.3. The van der Waals surface area contributed by atoms with E-state index in [1.165, 1.54) is 19.2 Å². The van der Waals surface area contributed by atoms with Gasteiger partial charge >= 0.3 is 0 Å². The van der Waals surface area contributed by atoms with Gasteiger partial charge in [-0.15, -0.1) is 0 Å². The molecule has 1 aromatic heterocycles. The summed E-state index contributed by atoms with van der Waals surface area (Å²) in [6.45, 7) is 0.156. The van der Waals surface area contributed by atoms with Crippen LogP contribution in [0.4, 0.5) is 14.6 Å². The van der Waals surface area contributed by atoms with Crippen molar-refractivity contribution in [1.82, 2.24) is 9.97 Å². The van der Waals surface area contributed by atoms with Crippen molar-refractivity contribution in [1.29, 1.82) is 0 Å². The van der Waals surface area contributed by atoms with Crippen molar-refractivity contribution in [2.75, 3.05) is 12.5 Å². The molecule has 0 aliphatic rings. The number of nitrogens with one attached hydrogen (secondary N) is 1. The quantitative estimate of drug-likeness (QED) is 0.644. The van der Waals surface area contributed by atoms with E-state index in [9.17, 15) is 8.78 Å². The molecule has 1 aromatic carbocycles. The highest BCUT2D eigenvalue weighted by atomic mass is 19.2. The molecular formula is C12H12F2N4O2. The van der Waals surface area contributed by atoms with Crippen LogP contribution in [0.15, 0.2) is 24.3 Å². The zero-order chi connectivity index (χ0) is 14.5. The second kappa shape index (κ2) is 6.22. The monoisotopic (exact) mass is 282 g/mol. The summed E-state index contributed by atoms with van der Waals surface area (Å²) in [6.07, 6.45) is 0. The van der Waals surface area contributed by atoms with Crippen LogP contribution in [0.3, 0.4) is 0 Å². The smallest absolute Gasteiger partial charge is 0.224 e. The lowest BCUT2D eigenvalue weighted by molar-refractivity contribution is 0.177. The third-order valence-electron chi connectivity index (χ3n) is 2.28. The molecule has 0 bridgehead atoms. The fraction of sp³-hybridized carbons (Fsp3) is 0.167. The van der Waals surface area contributed by atoms with Gasteiger partial charge in [-0.3, -0.25) is 0 Å². The van der Waals surface area contributed by atoms with Gasteiger partial charge < -0.3 is 14.9 Å². The second-order valence-corrected chi connectivity index (χ2v) is 3.76. The van der Waals surface area contributed by atoms with E-state index in [-0.39, 0.29) is 18.2 Å². The van der Waals surface area contributed by atoms with E-state index in [1.54, 1.807) is 0 Å². The van der Waals surface area contributed by atoms with E-state index >= 15 is 0 Å². The van der Waals surface area contributed by atoms with E-state index < -0.39 is 11.6 Å². The average molecular weight is 282 g/mol. The van der Waals surface area contributed by atoms with Crippen LogP contribution >= 0.6 is 0 Å². The summed E-state index contributed by atoms with van der Waals surface area (Å²) < 4.78 is 36.2.